The Bertz CT molecular complexity index is 717. The van der Waals surface area contributed by atoms with Crippen LogP contribution in [0.4, 0.5) is 5.13 Å². The van der Waals surface area contributed by atoms with Gasteiger partial charge in [0.2, 0.25) is 0 Å². The number of nitrogens with zero attached hydrogens (tertiary/aromatic N) is 6. The summed E-state index contributed by atoms with van der Waals surface area (Å²) in [5.74, 6) is 2.57. The molecule has 2 aromatic heterocycles. The van der Waals surface area contributed by atoms with Crippen LogP contribution in [-0.4, -0.2) is 46.9 Å². The van der Waals surface area contributed by atoms with Crippen LogP contribution in [0.2, 0.25) is 0 Å². The molecule has 0 aliphatic carbocycles. The quantitative estimate of drug-likeness (QED) is 0.640. The van der Waals surface area contributed by atoms with E-state index in [9.17, 15) is 0 Å². The van der Waals surface area contributed by atoms with E-state index in [1.807, 2.05) is 30.6 Å². The predicted molar refractivity (Wildman–Crippen MR) is 96.5 cm³/mol. The molecule has 2 aromatic rings. The summed E-state index contributed by atoms with van der Waals surface area (Å²) in [6.45, 7) is 3.51. The van der Waals surface area contributed by atoms with Gasteiger partial charge in [0.05, 0.1) is 18.3 Å². The van der Waals surface area contributed by atoms with E-state index in [2.05, 4.69) is 36.1 Å². The lowest BCUT2D eigenvalue weighted by Gasteiger charge is -2.24. The molecule has 1 aliphatic heterocycles. The highest BCUT2D eigenvalue weighted by molar-refractivity contribution is 7.13. The molecule has 0 saturated heterocycles. The molecule has 9 heteroatoms. The lowest BCUT2D eigenvalue weighted by molar-refractivity contribution is 0.397. The third kappa shape index (κ3) is 3.66. The highest BCUT2D eigenvalue weighted by Crippen LogP contribution is 2.23. The second-order valence-electron chi connectivity index (χ2n) is 6.02. The summed E-state index contributed by atoms with van der Waals surface area (Å²) in [5.41, 5.74) is 1.01. The number of aryl methyl sites for hydroxylation is 2. The third-order valence-corrected chi connectivity index (χ3v) is 4.93. The maximum absolute atomic E-state index is 4.57. The molecule has 1 unspecified atom stereocenters. The first kappa shape index (κ1) is 16.7. The van der Waals surface area contributed by atoms with Crippen LogP contribution in [0.5, 0.6) is 0 Å². The first-order valence-electron chi connectivity index (χ1n) is 8.07. The Morgan fingerprint density at radius 3 is 3.00 bits per heavy atom. The summed E-state index contributed by atoms with van der Waals surface area (Å²) in [7, 11) is 5.77. The number of hydrogen-bond acceptors (Lipinski definition) is 6. The predicted octanol–water partition coefficient (Wildman–Crippen LogP) is 1.31. The molecular formula is C15H24N8S. The van der Waals surface area contributed by atoms with Crippen LogP contribution in [0.15, 0.2) is 10.4 Å². The van der Waals surface area contributed by atoms with E-state index in [0.717, 1.165) is 47.8 Å². The van der Waals surface area contributed by atoms with Gasteiger partial charge in [0, 0.05) is 33.1 Å². The van der Waals surface area contributed by atoms with Gasteiger partial charge in [0.15, 0.2) is 11.1 Å². The fourth-order valence-electron chi connectivity index (χ4n) is 2.72. The molecule has 0 saturated carbocycles. The maximum Gasteiger partial charge on any atom is 0.191 e. The fraction of sp³-hybridized carbons (Fsp3) is 0.600. The van der Waals surface area contributed by atoms with Crippen molar-refractivity contribution >= 4 is 22.4 Å². The Labute approximate surface area is 146 Å². The molecule has 130 valence electrons. The van der Waals surface area contributed by atoms with Crippen LogP contribution in [0.3, 0.4) is 0 Å². The summed E-state index contributed by atoms with van der Waals surface area (Å²) in [5, 5.41) is 14.3. The molecule has 0 fully saturated rings. The Morgan fingerprint density at radius 2 is 2.29 bits per heavy atom. The number of fused-ring (bicyclic) bond motifs is 1. The SMILES string of the molecule is CN=C(NCc1csc(N(C)C)n1)NC1CCCn2nc(C)nc21. The molecule has 0 bridgehead atoms. The Balaban J connectivity index is 1.61. The summed E-state index contributed by atoms with van der Waals surface area (Å²) >= 11 is 1.64. The highest BCUT2D eigenvalue weighted by Gasteiger charge is 2.24. The van der Waals surface area contributed by atoms with E-state index in [0.29, 0.717) is 6.54 Å². The number of aromatic nitrogens is 4. The molecular weight excluding hydrogens is 324 g/mol. The maximum atomic E-state index is 4.57. The third-order valence-electron chi connectivity index (χ3n) is 3.87. The van der Waals surface area contributed by atoms with E-state index in [1.165, 1.54) is 0 Å². The van der Waals surface area contributed by atoms with Gasteiger partial charge in [0.25, 0.3) is 0 Å². The average Bonchev–Trinajstić information content (AvgIpc) is 3.17. The van der Waals surface area contributed by atoms with Crippen molar-refractivity contribution < 1.29 is 0 Å². The van der Waals surface area contributed by atoms with Crippen LogP contribution in [0.1, 0.15) is 36.2 Å². The van der Waals surface area contributed by atoms with Gasteiger partial charge in [-0.25, -0.2) is 14.6 Å². The van der Waals surface area contributed by atoms with Gasteiger partial charge in [-0.1, -0.05) is 0 Å². The van der Waals surface area contributed by atoms with Crippen molar-refractivity contribution in [3.8, 4) is 0 Å². The van der Waals surface area contributed by atoms with Gasteiger partial charge < -0.3 is 15.5 Å². The van der Waals surface area contributed by atoms with Crippen molar-refractivity contribution in [3.63, 3.8) is 0 Å². The normalized spacial score (nSPS) is 17.5. The summed E-state index contributed by atoms with van der Waals surface area (Å²) in [4.78, 5) is 15.5. The molecule has 24 heavy (non-hydrogen) atoms. The molecule has 8 nitrogen and oxygen atoms in total. The van der Waals surface area contributed by atoms with Crippen molar-refractivity contribution in [2.75, 3.05) is 26.0 Å². The van der Waals surface area contributed by atoms with Crippen LogP contribution in [0.25, 0.3) is 0 Å². The van der Waals surface area contributed by atoms with Gasteiger partial charge in [-0.05, 0) is 19.8 Å². The number of nitrogens with one attached hydrogen (secondary N) is 2. The first-order chi connectivity index (χ1) is 11.6. The number of thiazole rings is 1. The van der Waals surface area contributed by atoms with E-state index in [4.69, 9.17) is 0 Å². The molecule has 0 amide bonds. The van der Waals surface area contributed by atoms with Crippen LogP contribution in [0, 0.1) is 6.92 Å². The van der Waals surface area contributed by atoms with Crippen molar-refractivity contribution in [3.05, 3.63) is 22.7 Å². The zero-order valence-corrected chi connectivity index (χ0v) is 15.4. The Morgan fingerprint density at radius 1 is 1.46 bits per heavy atom. The zero-order valence-electron chi connectivity index (χ0n) is 14.6. The minimum absolute atomic E-state index is 0.138. The molecule has 2 N–H and O–H groups in total. The first-order valence-corrected chi connectivity index (χ1v) is 8.95. The minimum atomic E-state index is 0.138. The molecule has 3 heterocycles. The Hall–Kier alpha value is -2.16. The largest absolute Gasteiger partial charge is 0.354 e. The van der Waals surface area contributed by atoms with Gasteiger partial charge in [0.1, 0.15) is 11.6 Å². The summed E-state index contributed by atoms with van der Waals surface area (Å²) in [6.07, 6.45) is 2.11. The number of rotatable bonds is 4. The van der Waals surface area contributed by atoms with Crippen LogP contribution >= 0.6 is 11.3 Å². The molecule has 0 aromatic carbocycles. The molecule has 1 atom stereocenters. The standard InChI is InChI=1S/C15H24N8S/c1-10-18-13-12(6-5-7-23(13)21-10)20-14(16-2)17-8-11-9-24-15(19-11)22(3)4/h9,12H,5-8H2,1-4H3,(H2,16,17,20). The lowest BCUT2D eigenvalue weighted by Crippen LogP contribution is -2.41. The minimum Gasteiger partial charge on any atom is -0.354 e. The van der Waals surface area contributed by atoms with Crippen LogP contribution < -0.4 is 15.5 Å². The molecule has 1 aliphatic rings. The molecule has 0 spiro atoms. The van der Waals surface area contributed by atoms with E-state index < -0.39 is 0 Å². The van der Waals surface area contributed by atoms with E-state index >= 15 is 0 Å². The fourth-order valence-corrected chi connectivity index (χ4v) is 3.48. The second-order valence-corrected chi connectivity index (χ2v) is 6.86. The molecule has 3 rings (SSSR count). The van der Waals surface area contributed by atoms with Crippen molar-refractivity contribution in [1.29, 1.82) is 0 Å². The highest BCUT2D eigenvalue weighted by atomic mass is 32.1. The Kier molecular flexibility index (Phi) is 4.98. The second kappa shape index (κ2) is 7.16. The number of hydrogen-bond donors (Lipinski definition) is 2. The van der Waals surface area contributed by atoms with Gasteiger partial charge >= 0.3 is 0 Å². The summed E-state index contributed by atoms with van der Waals surface area (Å²) < 4.78 is 1.99. The van der Waals surface area contributed by atoms with Gasteiger partial charge in [-0.3, -0.25) is 4.99 Å². The summed E-state index contributed by atoms with van der Waals surface area (Å²) in [6, 6.07) is 0.138. The smallest absolute Gasteiger partial charge is 0.191 e. The van der Waals surface area contributed by atoms with E-state index in [1.54, 1.807) is 18.4 Å². The number of aliphatic imine (C=N–C) groups is 1. The number of anilines is 1. The van der Waals surface area contributed by atoms with Crippen molar-refractivity contribution in [2.24, 2.45) is 4.99 Å². The van der Waals surface area contributed by atoms with E-state index in [-0.39, 0.29) is 6.04 Å². The zero-order chi connectivity index (χ0) is 17.1. The molecule has 0 radical (unpaired) electrons. The van der Waals surface area contributed by atoms with Gasteiger partial charge in [-0.15, -0.1) is 11.3 Å². The van der Waals surface area contributed by atoms with Gasteiger partial charge in [-0.2, -0.15) is 5.10 Å². The monoisotopic (exact) mass is 348 g/mol. The average molecular weight is 348 g/mol. The van der Waals surface area contributed by atoms with Crippen molar-refractivity contribution in [1.82, 2.24) is 30.4 Å². The van der Waals surface area contributed by atoms with Crippen molar-refractivity contribution in [2.45, 2.75) is 38.9 Å². The number of guanidine groups is 1. The lowest BCUT2D eigenvalue weighted by atomic mass is 10.1. The topological polar surface area (TPSA) is 83.3 Å². The van der Waals surface area contributed by atoms with Crippen LogP contribution in [-0.2, 0) is 13.1 Å².